The van der Waals surface area contributed by atoms with Crippen molar-refractivity contribution in [2.75, 3.05) is 20.3 Å². The first-order valence-electron chi connectivity index (χ1n) is 5.68. The Morgan fingerprint density at radius 1 is 1.44 bits per heavy atom. The van der Waals surface area contributed by atoms with Gasteiger partial charge in [0.25, 0.3) is 0 Å². The largest absolute Gasteiger partial charge is 0.480 e. The van der Waals surface area contributed by atoms with E-state index in [9.17, 15) is 9.90 Å². The molecule has 0 bridgehead atoms. The summed E-state index contributed by atoms with van der Waals surface area (Å²) in [5, 5.41) is 9.23. The van der Waals surface area contributed by atoms with Crippen LogP contribution >= 0.6 is 0 Å². The second kappa shape index (κ2) is 5.12. The van der Waals surface area contributed by atoms with Gasteiger partial charge in [0.05, 0.1) is 13.2 Å². The van der Waals surface area contributed by atoms with E-state index < -0.39 is 17.9 Å². The average molecular weight is 231 g/mol. The van der Waals surface area contributed by atoms with Crippen molar-refractivity contribution in [1.29, 1.82) is 0 Å². The van der Waals surface area contributed by atoms with Crippen LogP contribution in [-0.4, -0.2) is 48.2 Å². The molecule has 5 heteroatoms. The Balaban J connectivity index is 2.87. The molecular weight excluding hydrogens is 210 g/mol. The summed E-state index contributed by atoms with van der Waals surface area (Å²) in [6.07, 6.45) is 0.611. The molecule has 1 heterocycles. The van der Waals surface area contributed by atoms with Crippen LogP contribution in [0.5, 0.6) is 0 Å². The summed E-state index contributed by atoms with van der Waals surface area (Å²) in [7, 11) is 1.74. The highest BCUT2D eigenvalue weighted by molar-refractivity contribution is 5.73. The molecule has 1 rings (SSSR count). The molecule has 0 spiro atoms. The second-order valence-corrected chi connectivity index (χ2v) is 4.40. The number of nitrogens with zero attached hydrogens (tertiary/aromatic N) is 1. The second-order valence-electron chi connectivity index (χ2n) is 4.40. The first-order chi connectivity index (χ1) is 7.44. The van der Waals surface area contributed by atoms with Gasteiger partial charge in [0.2, 0.25) is 5.91 Å². The number of rotatable bonds is 5. The molecular formula is C11H21NO4. The van der Waals surface area contributed by atoms with Gasteiger partial charge >= 0.3 is 5.97 Å². The van der Waals surface area contributed by atoms with Crippen molar-refractivity contribution in [3.8, 4) is 0 Å². The normalized spacial score (nSPS) is 21.6. The van der Waals surface area contributed by atoms with Gasteiger partial charge in [-0.05, 0) is 13.0 Å². The molecule has 1 atom stereocenters. The lowest BCUT2D eigenvalue weighted by molar-refractivity contribution is -0.266. The fraction of sp³-hybridized carbons (Fsp3) is 0.909. The number of carboxylic acid groups (broad SMARTS) is 1. The first-order valence-corrected chi connectivity index (χ1v) is 5.68. The molecule has 1 fully saturated rings. The molecule has 5 nitrogen and oxygen atoms in total. The molecule has 1 aliphatic rings. The van der Waals surface area contributed by atoms with Crippen molar-refractivity contribution >= 4 is 5.97 Å². The van der Waals surface area contributed by atoms with Crippen LogP contribution < -0.4 is 0 Å². The molecule has 1 saturated heterocycles. The predicted molar refractivity (Wildman–Crippen MR) is 59.0 cm³/mol. The van der Waals surface area contributed by atoms with Crippen LogP contribution in [-0.2, 0) is 14.3 Å². The molecule has 0 radical (unpaired) electrons. The van der Waals surface area contributed by atoms with E-state index in [-0.39, 0.29) is 5.92 Å². The fourth-order valence-corrected chi connectivity index (χ4v) is 2.21. The Hall–Kier alpha value is -0.650. The monoisotopic (exact) mass is 231 g/mol. The van der Waals surface area contributed by atoms with Gasteiger partial charge in [0, 0.05) is 6.42 Å². The Kier molecular flexibility index (Phi) is 4.29. The minimum atomic E-state index is -0.868. The third kappa shape index (κ3) is 2.36. The first kappa shape index (κ1) is 13.4. The van der Waals surface area contributed by atoms with E-state index in [1.54, 1.807) is 11.9 Å². The molecule has 0 aromatic carbocycles. The van der Waals surface area contributed by atoms with Crippen molar-refractivity contribution in [3.63, 3.8) is 0 Å². The van der Waals surface area contributed by atoms with Gasteiger partial charge < -0.3 is 14.6 Å². The smallest absolute Gasteiger partial charge is 0.321 e. The number of carbonyl (C=O) groups is 1. The van der Waals surface area contributed by atoms with Crippen molar-refractivity contribution < 1.29 is 19.4 Å². The molecule has 16 heavy (non-hydrogen) atoms. The number of hydrogen-bond donors (Lipinski definition) is 1. The Morgan fingerprint density at radius 2 is 1.94 bits per heavy atom. The van der Waals surface area contributed by atoms with Crippen molar-refractivity contribution in [2.45, 2.75) is 39.1 Å². The summed E-state index contributed by atoms with van der Waals surface area (Å²) in [6.45, 7) is 6.73. The van der Waals surface area contributed by atoms with Crippen LogP contribution in [0.3, 0.4) is 0 Å². The van der Waals surface area contributed by atoms with E-state index >= 15 is 0 Å². The van der Waals surface area contributed by atoms with Crippen LogP contribution in [0.1, 0.15) is 27.2 Å². The molecule has 1 N–H and O–H groups in total. The molecule has 0 saturated carbocycles. The summed E-state index contributed by atoms with van der Waals surface area (Å²) in [6, 6.07) is -0.599. The van der Waals surface area contributed by atoms with E-state index in [4.69, 9.17) is 9.47 Å². The molecule has 0 aromatic heterocycles. The third-order valence-corrected chi connectivity index (χ3v) is 3.02. The summed E-state index contributed by atoms with van der Waals surface area (Å²) in [4.78, 5) is 12.9. The van der Waals surface area contributed by atoms with Gasteiger partial charge in [0.15, 0.2) is 0 Å². The van der Waals surface area contributed by atoms with Crippen molar-refractivity contribution in [3.05, 3.63) is 0 Å². The predicted octanol–water partition coefficient (Wildman–Crippen LogP) is 1.14. The summed E-state index contributed by atoms with van der Waals surface area (Å²) < 4.78 is 11.1. The van der Waals surface area contributed by atoms with Crippen LogP contribution in [0.2, 0.25) is 0 Å². The highest BCUT2D eigenvalue weighted by Gasteiger charge is 2.45. The molecule has 0 amide bonds. The minimum absolute atomic E-state index is 0.00118. The van der Waals surface area contributed by atoms with Gasteiger partial charge in [-0.2, -0.15) is 0 Å². The van der Waals surface area contributed by atoms with Gasteiger partial charge in [-0.3, -0.25) is 4.79 Å². The summed E-state index contributed by atoms with van der Waals surface area (Å²) >= 11 is 0. The molecule has 0 aliphatic carbocycles. The van der Waals surface area contributed by atoms with Crippen LogP contribution in [0.15, 0.2) is 0 Å². The van der Waals surface area contributed by atoms with E-state index in [1.165, 1.54) is 0 Å². The Morgan fingerprint density at radius 3 is 2.25 bits per heavy atom. The highest BCUT2D eigenvalue weighted by atomic mass is 16.8. The van der Waals surface area contributed by atoms with Crippen molar-refractivity contribution in [1.82, 2.24) is 4.90 Å². The Bertz CT molecular complexity index is 248. The zero-order valence-electron chi connectivity index (χ0n) is 10.4. The van der Waals surface area contributed by atoms with Gasteiger partial charge in [-0.1, -0.05) is 20.8 Å². The number of likely N-dealkylation sites (N-methyl/N-ethyl adjacent to an activating group) is 1. The van der Waals surface area contributed by atoms with Crippen molar-refractivity contribution in [2.24, 2.45) is 5.92 Å². The van der Waals surface area contributed by atoms with Gasteiger partial charge in [-0.25, -0.2) is 4.90 Å². The number of hydrogen-bond acceptors (Lipinski definition) is 4. The number of aliphatic carboxylic acids is 1. The zero-order chi connectivity index (χ0) is 12.3. The van der Waals surface area contributed by atoms with E-state index in [0.29, 0.717) is 19.6 Å². The lowest BCUT2D eigenvalue weighted by Gasteiger charge is -2.40. The maximum absolute atomic E-state index is 11.2. The SMILES string of the molecule is CCC1(N(C)C(C(=O)O)C(C)C)OCCO1. The van der Waals surface area contributed by atoms with E-state index in [2.05, 4.69) is 0 Å². The molecule has 0 aromatic rings. The maximum atomic E-state index is 11.2. The summed E-state index contributed by atoms with van der Waals surface area (Å²) in [5.41, 5.74) is 0. The molecule has 1 aliphatic heterocycles. The van der Waals surface area contributed by atoms with Crippen LogP contribution in [0.4, 0.5) is 0 Å². The van der Waals surface area contributed by atoms with E-state index in [0.717, 1.165) is 0 Å². The quantitative estimate of drug-likeness (QED) is 0.768. The average Bonchev–Trinajstić information content (AvgIpc) is 2.65. The number of carboxylic acids is 1. The standard InChI is InChI=1S/C11H21NO4/c1-5-11(15-6-7-16-11)12(4)9(8(2)3)10(13)14/h8-9H,5-7H2,1-4H3,(H,13,14). The molecule has 1 unspecified atom stereocenters. The fourth-order valence-electron chi connectivity index (χ4n) is 2.21. The zero-order valence-corrected chi connectivity index (χ0v) is 10.4. The Labute approximate surface area is 96.3 Å². The lowest BCUT2D eigenvalue weighted by Crippen LogP contribution is -2.56. The maximum Gasteiger partial charge on any atom is 0.321 e. The van der Waals surface area contributed by atoms with E-state index in [1.807, 2.05) is 20.8 Å². The number of ether oxygens (including phenoxy) is 2. The summed E-state index contributed by atoms with van der Waals surface area (Å²) in [5.74, 6) is -1.71. The minimum Gasteiger partial charge on any atom is -0.480 e. The van der Waals surface area contributed by atoms with Gasteiger partial charge in [0.1, 0.15) is 6.04 Å². The van der Waals surface area contributed by atoms with Crippen LogP contribution in [0.25, 0.3) is 0 Å². The highest BCUT2D eigenvalue weighted by Crippen LogP contribution is 2.30. The topological polar surface area (TPSA) is 59.0 Å². The third-order valence-electron chi connectivity index (χ3n) is 3.02. The lowest BCUT2D eigenvalue weighted by atomic mass is 10.0. The van der Waals surface area contributed by atoms with Crippen LogP contribution in [0, 0.1) is 5.92 Å². The molecule has 94 valence electrons. The van der Waals surface area contributed by atoms with Gasteiger partial charge in [-0.15, -0.1) is 0 Å².